The maximum absolute atomic E-state index is 13.0. The molecule has 4 rings (SSSR count). The molecule has 0 heterocycles. The lowest BCUT2D eigenvalue weighted by atomic mass is 10.1. The molecule has 0 saturated carbocycles. The molecule has 1 nitrogen and oxygen atoms in total. The third-order valence-electron chi connectivity index (χ3n) is 4.92. The molecule has 0 amide bonds. The SMILES string of the molecule is [O-][S+](c1ccc(Cc2ccc(F)cc2)cc1)c1ccc(Cc2ccc(F)cc2)cc1. The van der Waals surface area contributed by atoms with Crippen molar-refractivity contribution in [3.63, 3.8) is 0 Å². The molecule has 4 aromatic rings. The summed E-state index contributed by atoms with van der Waals surface area (Å²) in [7, 11) is 0. The Morgan fingerprint density at radius 3 is 1.03 bits per heavy atom. The predicted octanol–water partition coefficient (Wildman–Crippen LogP) is 6.31. The highest BCUT2D eigenvalue weighted by Crippen LogP contribution is 2.23. The quantitative estimate of drug-likeness (QED) is 0.336. The fourth-order valence-electron chi connectivity index (χ4n) is 3.27. The number of rotatable bonds is 6. The highest BCUT2D eigenvalue weighted by Gasteiger charge is 2.14. The van der Waals surface area contributed by atoms with Crippen LogP contribution in [0.4, 0.5) is 8.78 Å². The Kier molecular flexibility index (Phi) is 6.26. The van der Waals surface area contributed by atoms with Gasteiger partial charge in [-0.15, -0.1) is 0 Å². The van der Waals surface area contributed by atoms with Gasteiger partial charge >= 0.3 is 0 Å². The van der Waals surface area contributed by atoms with Crippen LogP contribution in [0.25, 0.3) is 0 Å². The van der Waals surface area contributed by atoms with Gasteiger partial charge in [0.2, 0.25) is 0 Å². The largest absolute Gasteiger partial charge is 0.606 e. The molecule has 0 atom stereocenters. The van der Waals surface area contributed by atoms with Crippen LogP contribution in [0.5, 0.6) is 0 Å². The molecule has 0 saturated heterocycles. The molecular weight excluding hydrogens is 398 g/mol. The first-order valence-corrected chi connectivity index (χ1v) is 10.8. The smallest absolute Gasteiger partial charge is 0.158 e. The topological polar surface area (TPSA) is 23.1 Å². The van der Waals surface area contributed by atoms with E-state index in [0.717, 1.165) is 32.0 Å². The van der Waals surface area contributed by atoms with Gasteiger partial charge in [-0.2, -0.15) is 0 Å². The van der Waals surface area contributed by atoms with Crippen LogP contribution in [0.1, 0.15) is 22.3 Å². The van der Waals surface area contributed by atoms with Crippen LogP contribution in [0, 0.1) is 11.6 Å². The third-order valence-corrected chi connectivity index (χ3v) is 6.32. The fraction of sp³-hybridized carbons (Fsp3) is 0.0769. The van der Waals surface area contributed by atoms with Crippen molar-refractivity contribution in [3.05, 3.63) is 131 Å². The first kappa shape index (κ1) is 20.3. The van der Waals surface area contributed by atoms with Crippen molar-refractivity contribution in [2.45, 2.75) is 22.6 Å². The monoisotopic (exact) mass is 418 g/mol. The molecule has 0 aliphatic rings. The Morgan fingerprint density at radius 2 is 0.733 bits per heavy atom. The van der Waals surface area contributed by atoms with Gasteiger partial charge in [0.1, 0.15) is 11.6 Å². The summed E-state index contributed by atoms with van der Waals surface area (Å²) in [6.07, 6.45) is 1.40. The minimum atomic E-state index is -1.26. The Bertz CT molecular complexity index is 999. The second kappa shape index (κ2) is 9.24. The maximum Gasteiger partial charge on any atom is 0.158 e. The average Bonchev–Trinajstić information content (AvgIpc) is 2.77. The minimum absolute atomic E-state index is 0.242. The fourth-order valence-corrected chi connectivity index (χ4v) is 4.31. The molecule has 0 unspecified atom stereocenters. The lowest BCUT2D eigenvalue weighted by Gasteiger charge is -2.11. The summed E-state index contributed by atoms with van der Waals surface area (Å²) in [5.41, 5.74) is 4.22. The lowest BCUT2D eigenvalue weighted by molar-refractivity contribution is 0.595. The average molecular weight is 419 g/mol. The van der Waals surface area contributed by atoms with Crippen LogP contribution in [0.3, 0.4) is 0 Å². The number of benzene rings is 4. The molecule has 0 N–H and O–H groups in total. The summed E-state index contributed by atoms with van der Waals surface area (Å²) in [5.74, 6) is -0.485. The Labute approximate surface area is 178 Å². The van der Waals surface area contributed by atoms with E-state index in [4.69, 9.17) is 0 Å². The molecule has 0 radical (unpaired) electrons. The van der Waals surface area contributed by atoms with Crippen LogP contribution in [0.2, 0.25) is 0 Å². The molecule has 0 aliphatic heterocycles. The van der Waals surface area contributed by atoms with Crippen molar-refractivity contribution in [1.29, 1.82) is 0 Å². The summed E-state index contributed by atoms with van der Waals surface area (Å²) < 4.78 is 38.9. The van der Waals surface area contributed by atoms with Crippen molar-refractivity contribution in [1.82, 2.24) is 0 Å². The van der Waals surface area contributed by atoms with Crippen molar-refractivity contribution in [2.24, 2.45) is 0 Å². The molecule has 0 spiro atoms. The summed E-state index contributed by atoms with van der Waals surface area (Å²) in [6.45, 7) is 0. The molecular formula is C26H20F2OS. The molecule has 4 aromatic carbocycles. The molecule has 150 valence electrons. The first-order valence-electron chi connectivity index (χ1n) is 9.65. The first-order chi connectivity index (χ1) is 14.6. The van der Waals surface area contributed by atoms with Gasteiger partial charge < -0.3 is 4.55 Å². The molecule has 30 heavy (non-hydrogen) atoms. The van der Waals surface area contributed by atoms with E-state index in [0.29, 0.717) is 12.8 Å². The lowest BCUT2D eigenvalue weighted by Crippen LogP contribution is -2.02. The maximum atomic E-state index is 13.0. The van der Waals surface area contributed by atoms with Crippen molar-refractivity contribution >= 4 is 11.2 Å². The molecule has 0 fully saturated rings. The Morgan fingerprint density at radius 1 is 0.467 bits per heavy atom. The summed E-state index contributed by atoms with van der Waals surface area (Å²) in [4.78, 5) is 1.48. The summed E-state index contributed by atoms with van der Waals surface area (Å²) in [6, 6.07) is 28.3. The van der Waals surface area contributed by atoms with Crippen LogP contribution in [0.15, 0.2) is 107 Å². The number of hydrogen-bond acceptors (Lipinski definition) is 1. The summed E-state index contributed by atoms with van der Waals surface area (Å²) >= 11 is -1.26. The highest BCUT2D eigenvalue weighted by molar-refractivity contribution is 7.91. The van der Waals surface area contributed by atoms with Gasteiger partial charge in [0.15, 0.2) is 9.79 Å². The van der Waals surface area contributed by atoms with Crippen molar-refractivity contribution < 1.29 is 13.3 Å². The van der Waals surface area contributed by atoms with Gasteiger partial charge in [-0.3, -0.25) is 0 Å². The zero-order valence-corrected chi connectivity index (χ0v) is 17.0. The van der Waals surface area contributed by atoms with Gasteiger partial charge in [0.25, 0.3) is 0 Å². The normalized spacial score (nSPS) is 11.1. The van der Waals surface area contributed by atoms with E-state index < -0.39 is 11.2 Å². The van der Waals surface area contributed by atoms with E-state index >= 15 is 0 Å². The summed E-state index contributed by atoms with van der Waals surface area (Å²) in [5, 5.41) is 0. The number of halogens is 2. The molecule has 0 aromatic heterocycles. The Hall–Kier alpha value is -2.95. The highest BCUT2D eigenvalue weighted by atomic mass is 32.2. The molecule has 4 heteroatoms. The third kappa shape index (κ3) is 5.15. The van der Waals surface area contributed by atoms with E-state index in [-0.39, 0.29) is 11.6 Å². The standard InChI is InChI=1S/C26H20F2OS/c27-23-9-1-19(2-10-23)17-21-5-13-25(14-6-21)30(29)26-15-7-22(8-16-26)18-20-3-11-24(28)12-4-20/h1-16H,17-18H2. The van der Waals surface area contributed by atoms with Crippen LogP contribution >= 0.6 is 0 Å². The molecule has 0 bridgehead atoms. The second-order valence-corrected chi connectivity index (χ2v) is 8.64. The van der Waals surface area contributed by atoms with Gasteiger partial charge in [0, 0.05) is 11.2 Å². The Balaban J connectivity index is 1.41. The van der Waals surface area contributed by atoms with Gasteiger partial charge in [-0.05, 0) is 83.6 Å². The van der Waals surface area contributed by atoms with Crippen molar-refractivity contribution in [3.8, 4) is 0 Å². The van der Waals surface area contributed by atoms with E-state index in [9.17, 15) is 13.3 Å². The van der Waals surface area contributed by atoms with Crippen LogP contribution in [-0.4, -0.2) is 4.55 Å². The molecule has 0 aliphatic carbocycles. The van der Waals surface area contributed by atoms with E-state index in [1.807, 2.05) is 48.5 Å². The van der Waals surface area contributed by atoms with E-state index in [2.05, 4.69) is 0 Å². The minimum Gasteiger partial charge on any atom is -0.606 e. The number of hydrogen-bond donors (Lipinski definition) is 0. The zero-order chi connectivity index (χ0) is 20.9. The van der Waals surface area contributed by atoms with Gasteiger partial charge in [-0.25, -0.2) is 8.78 Å². The van der Waals surface area contributed by atoms with Crippen LogP contribution in [-0.2, 0) is 24.0 Å². The zero-order valence-electron chi connectivity index (χ0n) is 16.2. The van der Waals surface area contributed by atoms with Gasteiger partial charge in [0.05, 0.1) is 0 Å². The second-order valence-electron chi connectivity index (χ2n) is 7.16. The van der Waals surface area contributed by atoms with E-state index in [1.54, 1.807) is 24.3 Å². The van der Waals surface area contributed by atoms with Crippen LogP contribution < -0.4 is 0 Å². The predicted molar refractivity (Wildman–Crippen MR) is 116 cm³/mol. The van der Waals surface area contributed by atoms with Gasteiger partial charge in [-0.1, -0.05) is 48.5 Å². The van der Waals surface area contributed by atoms with E-state index in [1.165, 1.54) is 24.3 Å². The van der Waals surface area contributed by atoms with Crippen molar-refractivity contribution in [2.75, 3.05) is 0 Å².